The number of hydrogen-bond acceptors (Lipinski definition) is 6. The molecule has 2 aromatic heterocycles. The zero-order valence-corrected chi connectivity index (χ0v) is 16.0. The molecule has 3 aromatic rings. The highest BCUT2D eigenvalue weighted by Gasteiger charge is 2.27. The number of carbonyl (C=O) groups excluding carboxylic acids is 1. The van der Waals surface area contributed by atoms with E-state index in [2.05, 4.69) is 23.9 Å². The normalized spacial score (nSPS) is 15.3. The molecule has 1 aliphatic heterocycles. The van der Waals surface area contributed by atoms with Crippen molar-refractivity contribution in [3.63, 3.8) is 0 Å². The van der Waals surface area contributed by atoms with Gasteiger partial charge in [0.2, 0.25) is 5.91 Å². The molecule has 0 aliphatic carbocycles. The van der Waals surface area contributed by atoms with Crippen LogP contribution in [-0.2, 0) is 4.79 Å². The Labute approximate surface area is 160 Å². The molecular weight excluding hydrogens is 365 g/mol. The van der Waals surface area contributed by atoms with Gasteiger partial charge in [0.05, 0.1) is 17.4 Å². The van der Waals surface area contributed by atoms with E-state index in [9.17, 15) is 9.18 Å². The van der Waals surface area contributed by atoms with Crippen LogP contribution in [0.5, 0.6) is 0 Å². The van der Waals surface area contributed by atoms with E-state index >= 15 is 0 Å². The quantitative estimate of drug-likeness (QED) is 0.744. The number of rotatable bonds is 3. The molecule has 140 valence electrons. The summed E-state index contributed by atoms with van der Waals surface area (Å²) in [6, 6.07) is 6.80. The third-order valence-electron chi connectivity index (χ3n) is 4.99. The third kappa shape index (κ3) is 3.62. The fourth-order valence-electron chi connectivity index (χ4n) is 3.42. The van der Waals surface area contributed by atoms with Gasteiger partial charge in [0, 0.05) is 30.4 Å². The van der Waals surface area contributed by atoms with E-state index in [1.807, 2.05) is 13.0 Å². The van der Waals surface area contributed by atoms with Crippen LogP contribution in [0.15, 0.2) is 24.3 Å². The van der Waals surface area contributed by atoms with Crippen LogP contribution in [-0.4, -0.2) is 32.7 Å². The summed E-state index contributed by atoms with van der Waals surface area (Å²) in [5.41, 5.74) is 4.51. The first-order valence-corrected chi connectivity index (χ1v) is 9.66. The van der Waals surface area contributed by atoms with Gasteiger partial charge in [0.15, 0.2) is 5.65 Å². The Hall–Kier alpha value is -2.61. The first-order chi connectivity index (χ1) is 13.0. The van der Waals surface area contributed by atoms with Crippen molar-refractivity contribution in [2.24, 2.45) is 5.92 Å². The topological polar surface area (TPSA) is 71.0 Å². The molecule has 1 fully saturated rings. The van der Waals surface area contributed by atoms with Crippen LogP contribution >= 0.6 is 11.7 Å². The van der Waals surface area contributed by atoms with Crippen molar-refractivity contribution < 1.29 is 9.18 Å². The van der Waals surface area contributed by atoms with Crippen molar-refractivity contribution in [2.45, 2.75) is 26.7 Å². The van der Waals surface area contributed by atoms with E-state index in [0.29, 0.717) is 16.9 Å². The highest BCUT2D eigenvalue weighted by atomic mass is 32.1. The summed E-state index contributed by atoms with van der Waals surface area (Å²) in [7, 11) is 0. The van der Waals surface area contributed by atoms with E-state index in [4.69, 9.17) is 0 Å². The summed E-state index contributed by atoms with van der Waals surface area (Å²) in [6.07, 6.45) is 1.47. The minimum Gasteiger partial charge on any atom is -0.370 e. The molecule has 0 atom stereocenters. The molecule has 0 unspecified atom stereocenters. The summed E-state index contributed by atoms with van der Waals surface area (Å²) >= 11 is 1.16. The summed E-state index contributed by atoms with van der Waals surface area (Å²) in [5.74, 6) is -0.446. The fraction of sp³-hybridized carbons (Fsp3) is 0.368. The summed E-state index contributed by atoms with van der Waals surface area (Å²) < 4.78 is 22.3. The molecule has 1 aliphatic rings. The lowest BCUT2D eigenvalue weighted by Gasteiger charge is -2.33. The molecule has 4 rings (SSSR count). The average Bonchev–Trinajstić information content (AvgIpc) is 3.12. The molecule has 1 saturated heterocycles. The van der Waals surface area contributed by atoms with E-state index in [1.165, 1.54) is 6.07 Å². The Kier molecular flexibility index (Phi) is 4.73. The van der Waals surface area contributed by atoms with Gasteiger partial charge in [-0.1, -0.05) is 6.07 Å². The number of aryl methyl sites for hydroxylation is 2. The van der Waals surface area contributed by atoms with Gasteiger partial charge in [-0.25, -0.2) is 9.37 Å². The Balaban J connectivity index is 1.43. The van der Waals surface area contributed by atoms with Crippen molar-refractivity contribution in [1.29, 1.82) is 0 Å². The largest absolute Gasteiger partial charge is 0.370 e. The maximum atomic E-state index is 13.7. The van der Waals surface area contributed by atoms with Gasteiger partial charge in [-0.15, -0.1) is 0 Å². The molecule has 0 saturated carbocycles. The van der Waals surface area contributed by atoms with Gasteiger partial charge in [-0.2, -0.15) is 8.75 Å². The molecule has 27 heavy (non-hydrogen) atoms. The van der Waals surface area contributed by atoms with Gasteiger partial charge in [-0.05, 0) is 50.5 Å². The average molecular weight is 385 g/mol. The number of nitrogens with zero attached hydrogens (tertiary/aromatic N) is 4. The van der Waals surface area contributed by atoms with Gasteiger partial charge >= 0.3 is 0 Å². The molecule has 6 nitrogen and oxygen atoms in total. The van der Waals surface area contributed by atoms with Crippen LogP contribution in [0.1, 0.15) is 24.1 Å². The summed E-state index contributed by atoms with van der Waals surface area (Å²) in [4.78, 5) is 19.2. The minimum atomic E-state index is -0.309. The van der Waals surface area contributed by atoms with Crippen LogP contribution in [0.2, 0.25) is 0 Å². The second-order valence-electron chi connectivity index (χ2n) is 6.93. The Morgan fingerprint density at radius 2 is 2.00 bits per heavy atom. The number of anilines is 2. The number of fused-ring (bicyclic) bond motifs is 1. The lowest BCUT2D eigenvalue weighted by Crippen LogP contribution is -2.38. The van der Waals surface area contributed by atoms with Gasteiger partial charge in [0.1, 0.15) is 11.3 Å². The Morgan fingerprint density at radius 1 is 1.22 bits per heavy atom. The zero-order chi connectivity index (χ0) is 19.0. The molecule has 0 spiro atoms. The van der Waals surface area contributed by atoms with E-state index in [-0.39, 0.29) is 17.6 Å². The molecular formula is C19H20FN5OS. The van der Waals surface area contributed by atoms with Crippen LogP contribution in [0.4, 0.5) is 15.8 Å². The van der Waals surface area contributed by atoms with Gasteiger partial charge < -0.3 is 10.2 Å². The number of benzene rings is 1. The fourth-order valence-corrected chi connectivity index (χ4v) is 3.93. The lowest BCUT2D eigenvalue weighted by molar-refractivity contribution is -0.120. The number of aromatic nitrogens is 3. The number of hydrogen-bond donors (Lipinski definition) is 1. The third-order valence-corrected chi connectivity index (χ3v) is 5.51. The molecule has 3 heterocycles. The Bertz CT molecular complexity index is 997. The molecule has 0 bridgehead atoms. The van der Waals surface area contributed by atoms with Gasteiger partial charge in [-0.3, -0.25) is 4.79 Å². The molecule has 8 heteroatoms. The van der Waals surface area contributed by atoms with E-state index in [1.54, 1.807) is 19.1 Å². The predicted octanol–water partition coefficient (Wildman–Crippen LogP) is 3.70. The zero-order valence-electron chi connectivity index (χ0n) is 15.2. The number of halogens is 1. The number of amides is 1. The van der Waals surface area contributed by atoms with E-state index in [0.717, 1.165) is 54.6 Å². The summed E-state index contributed by atoms with van der Waals surface area (Å²) in [5, 5.41) is 2.84. The van der Waals surface area contributed by atoms with Gasteiger partial charge in [0.25, 0.3) is 0 Å². The maximum absolute atomic E-state index is 13.7. The van der Waals surface area contributed by atoms with Crippen LogP contribution < -0.4 is 10.2 Å². The van der Waals surface area contributed by atoms with Crippen LogP contribution in [0.25, 0.3) is 11.2 Å². The Morgan fingerprint density at radius 3 is 2.74 bits per heavy atom. The number of nitrogens with one attached hydrogen (secondary N) is 1. The lowest BCUT2D eigenvalue weighted by atomic mass is 9.95. The smallest absolute Gasteiger partial charge is 0.227 e. The second-order valence-corrected chi connectivity index (χ2v) is 7.46. The van der Waals surface area contributed by atoms with Crippen molar-refractivity contribution in [1.82, 2.24) is 13.7 Å². The standard InChI is InChI=1S/C19H20FN5OS/c1-11-3-4-14(10-15(11)20)22-19(26)13-5-7-25(8-6-13)16-9-12(2)21-18-17(16)23-27-24-18/h3-4,9-10,13H,5-8H2,1-2H3,(H,22,26). The van der Waals surface area contributed by atoms with Crippen molar-refractivity contribution in [2.75, 3.05) is 23.3 Å². The SMILES string of the molecule is Cc1cc(N2CCC(C(=O)Nc3ccc(C)c(F)c3)CC2)c2nsnc2n1. The molecule has 1 aromatic carbocycles. The van der Waals surface area contributed by atoms with Crippen LogP contribution in [0.3, 0.4) is 0 Å². The number of carbonyl (C=O) groups is 1. The molecule has 1 amide bonds. The highest BCUT2D eigenvalue weighted by Crippen LogP contribution is 2.30. The minimum absolute atomic E-state index is 0.0516. The first kappa shape index (κ1) is 17.8. The second kappa shape index (κ2) is 7.19. The van der Waals surface area contributed by atoms with E-state index < -0.39 is 0 Å². The van der Waals surface area contributed by atoms with Crippen LogP contribution in [0, 0.1) is 25.6 Å². The highest BCUT2D eigenvalue weighted by molar-refractivity contribution is 7.00. The maximum Gasteiger partial charge on any atom is 0.227 e. The molecule has 1 N–H and O–H groups in total. The monoisotopic (exact) mass is 385 g/mol. The van der Waals surface area contributed by atoms with Crippen molar-refractivity contribution >= 4 is 40.2 Å². The number of pyridine rings is 1. The predicted molar refractivity (Wildman–Crippen MR) is 105 cm³/mol. The first-order valence-electron chi connectivity index (χ1n) is 8.93. The number of piperidine rings is 1. The van der Waals surface area contributed by atoms with Crippen molar-refractivity contribution in [3.05, 3.63) is 41.3 Å². The summed E-state index contributed by atoms with van der Waals surface area (Å²) in [6.45, 7) is 5.17. The van der Waals surface area contributed by atoms with Crippen molar-refractivity contribution in [3.8, 4) is 0 Å². The molecule has 0 radical (unpaired) electrons.